The number of benzene rings is 1. The van der Waals surface area contributed by atoms with E-state index >= 15 is 0 Å². The fraction of sp³-hybridized carbons (Fsp3) is 0.500. The Morgan fingerprint density at radius 3 is 3.00 bits per heavy atom. The molecule has 1 amide bonds. The van der Waals surface area contributed by atoms with Gasteiger partial charge < -0.3 is 10.6 Å². The molecule has 0 bridgehead atoms. The average molecular weight is 362 g/mol. The topological polar surface area (TPSA) is 71.8 Å². The molecular formula is C18H24ClN5O. The first-order valence-corrected chi connectivity index (χ1v) is 8.77. The van der Waals surface area contributed by atoms with Crippen molar-refractivity contribution < 1.29 is 4.79 Å². The minimum absolute atomic E-state index is 0. The lowest BCUT2D eigenvalue weighted by Crippen LogP contribution is -2.42. The Hall–Kier alpha value is -1.92. The summed E-state index contributed by atoms with van der Waals surface area (Å²) in [5, 5.41) is 10.7. The summed E-state index contributed by atoms with van der Waals surface area (Å²) < 4.78 is 1.72. The first-order valence-electron chi connectivity index (χ1n) is 8.77. The van der Waals surface area contributed by atoms with Crippen molar-refractivity contribution in [1.29, 1.82) is 0 Å². The van der Waals surface area contributed by atoms with E-state index in [0.717, 1.165) is 17.7 Å². The largest absolute Gasteiger partial charge is 0.351 e. The highest BCUT2D eigenvalue weighted by atomic mass is 35.5. The molecule has 134 valence electrons. The second-order valence-electron chi connectivity index (χ2n) is 6.83. The van der Waals surface area contributed by atoms with Gasteiger partial charge in [-0.1, -0.05) is 25.0 Å². The molecule has 3 unspecified atom stereocenters. The zero-order valence-electron chi connectivity index (χ0n) is 14.1. The Bertz CT molecular complexity index is 691. The van der Waals surface area contributed by atoms with Gasteiger partial charge >= 0.3 is 0 Å². The standard InChI is InChI=1S/C18H23N5O.ClH/c24-18(17-9-14-5-1-2-7-16(14)22-17)20-10-13-4-3-6-15(8-13)23-12-19-11-21-23;/h3-4,6,8,11-12,14,16-17,22H,1-2,5,7,9-10H2,(H,20,24);1H. The third kappa shape index (κ3) is 4.02. The average Bonchev–Trinajstić information content (AvgIpc) is 3.29. The minimum atomic E-state index is -0.0309. The van der Waals surface area contributed by atoms with E-state index in [1.807, 2.05) is 24.3 Å². The normalized spacial score (nSPS) is 25.0. The summed E-state index contributed by atoms with van der Waals surface area (Å²) in [7, 11) is 0. The molecule has 0 radical (unpaired) electrons. The van der Waals surface area contributed by atoms with E-state index in [9.17, 15) is 4.79 Å². The lowest BCUT2D eigenvalue weighted by atomic mass is 9.85. The Morgan fingerprint density at radius 1 is 1.32 bits per heavy atom. The molecule has 1 aliphatic heterocycles. The quantitative estimate of drug-likeness (QED) is 0.876. The number of nitrogens with one attached hydrogen (secondary N) is 2. The molecule has 2 aliphatic rings. The number of aromatic nitrogens is 3. The maximum atomic E-state index is 12.5. The molecule has 1 aromatic carbocycles. The number of hydrogen-bond donors (Lipinski definition) is 2. The summed E-state index contributed by atoms with van der Waals surface area (Å²) >= 11 is 0. The van der Waals surface area contributed by atoms with Gasteiger partial charge in [0.15, 0.2) is 0 Å². The van der Waals surface area contributed by atoms with Gasteiger partial charge in [-0.05, 0) is 42.9 Å². The highest BCUT2D eigenvalue weighted by Crippen LogP contribution is 2.33. The van der Waals surface area contributed by atoms with Crippen molar-refractivity contribution >= 4 is 18.3 Å². The third-order valence-electron chi connectivity index (χ3n) is 5.24. The molecule has 0 spiro atoms. The van der Waals surface area contributed by atoms with E-state index < -0.39 is 0 Å². The Labute approximate surface area is 153 Å². The number of nitrogens with zero attached hydrogens (tertiary/aromatic N) is 3. The summed E-state index contributed by atoms with van der Waals surface area (Å²) in [4.78, 5) is 16.4. The van der Waals surface area contributed by atoms with Crippen molar-refractivity contribution in [2.24, 2.45) is 5.92 Å². The van der Waals surface area contributed by atoms with Gasteiger partial charge in [0, 0.05) is 12.6 Å². The van der Waals surface area contributed by atoms with Crippen LogP contribution in [0.2, 0.25) is 0 Å². The van der Waals surface area contributed by atoms with Gasteiger partial charge in [-0.15, -0.1) is 12.4 Å². The van der Waals surface area contributed by atoms with E-state index in [1.54, 1.807) is 11.0 Å². The van der Waals surface area contributed by atoms with Crippen LogP contribution in [0.25, 0.3) is 5.69 Å². The summed E-state index contributed by atoms with van der Waals surface area (Å²) in [5.41, 5.74) is 2.01. The maximum absolute atomic E-state index is 12.5. The van der Waals surface area contributed by atoms with Gasteiger partial charge in [0.25, 0.3) is 0 Å². The molecule has 2 aromatic rings. The molecule has 2 heterocycles. The van der Waals surface area contributed by atoms with Gasteiger partial charge in [0.05, 0.1) is 11.7 Å². The fourth-order valence-corrected chi connectivity index (χ4v) is 3.98. The monoisotopic (exact) mass is 361 g/mol. The van der Waals surface area contributed by atoms with Crippen LogP contribution in [0, 0.1) is 5.92 Å². The molecule has 1 aromatic heterocycles. The molecule has 1 saturated carbocycles. The molecule has 25 heavy (non-hydrogen) atoms. The highest BCUT2D eigenvalue weighted by Gasteiger charge is 2.37. The van der Waals surface area contributed by atoms with Crippen LogP contribution in [0.4, 0.5) is 0 Å². The van der Waals surface area contributed by atoms with Crippen molar-refractivity contribution in [2.75, 3.05) is 0 Å². The molecule has 1 aliphatic carbocycles. The summed E-state index contributed by atoms with van der Waals surface area (Å²) in [6.45, 7) is 0.537. The van der Waals surface area contributed by atoms with Crippen LogP contribution in [-0.2, 0) is 11.3 Å². The van der Waals surface area contributed by atoms with Gasteiger partial charge in [0.2, 0.25) is 5.91 Å². The molecule has 2 fully saturated rings. The van der Waals surface area contributed by atoms with Crippen LogP contribution >= 0.6 is 12.4 Å². The van der Waals surface area contributed by atoms with Crippen LogP contribution in [0.5, 0.6) is 0 Å². The van der Waals surface area contributed by atoms with Crippen LogP contribution in [0.1, 0.15) is 37.7 Å². The second kappa shape index (κ2) is 7.97. The van der Waals surface area contributed by atoms with Crippen LogP contribution in [0.15, 0.2) is 36.9 Å². The molecule has 6 nitrogen and oxygen atoms in total. The minimum Gasteiger partial charge on any atom is -0.351 e. The van der Waals surface area contributed by atoms with Crippen LogP contribution in [-0.4, -0.2) is 32.8 Å². The smallest absolute Gasteiger partial charge is 0.237 e. The molecule has 4 rings (SSSR count). The predicted octanol–water partition coefficient (Wildman–Crippen LogP) is 2.23. The summed E-state index contributed by atoms with van der Waals surface area (Å²) in [5.74, 6) is 0.806. The highest BCUT2D eigenvalue weighted by molar-refractivity contribution is 5.85. The van der Waals surface area contributed by atoms with Gasteiger partial charge in [-0.3, -0.25) is 4.79 Å². The number of rotatable bonds is 4. The van der Waals surface area contributed by atoms with Gasteiger partial charge in [-0.2, -0.15) is 5.10 Å². The van der Waals surface area contributed by atoms with E-state index in [4.69, 9.17) is 0 Å². The van der Waals surface area contributed by atoms with E-state index in [1.165, 1.54) is 32.0 Å². The van der Waals surface area contributed by atoms with E-state index in [0.29, 0.717) is 18.5 Å². The van der Waals surface area contributed by atoms with E-state index in [-0.39, 0.29) is 24.4 Å². The number of hydrogen-bond acceptors (Lipinski definition) is 4. The molecule has 7 heteroatoms. The van der Waals surface area contributed by atoms with Gasteiger partial charge in [0.1, 0.15) is 12.7 Å². The Kier molecular flexibility index (Phi) is 5.71. The molecule has 1 saturated heterocycles. The number of halogens is 1. The first-order chi connectivity index (χ1) is 11.8. The molecule has 2 N–H and O–H groups in total. The second-order valence-corrected chi connectivity index (χ2v) is 6.83. The maximum Gasteiger partial charge on any atom is 0.237 e. The van der Waals surface area contributed by atoms with Gasteiger partial charge in [-0.25, -0.2) is 9.67 Å². The third-order valence-corrected chi connectivity index (χ3v) is 5.24. The molecular weight excluding hydrogens is 338 g/mol. The SMILES string of the molecule is Cl.O=C(NCc1cccc(-n2cncn2)c1)C1CC2CCCCC2N1. The first kappa shape index (κ1) is 17.9. The van der Waals surface area contributed by atoms with Crippen molar-refractivity contribution in [3.63, 3.8) is 0 Å². The number of fused-ring (bicyclic) bond motifs is 1. The van der Waals surface area contributed by atoms with Crippen LogP contribution < -0.4 is 10.6 Å². The predicted molar refractivity (Wildman–Crippen MR) is 97.7 cm³/mol. The van der Waals surface area contributed by atoms with Crippen LogP contribution in [0.3, 0.4) is 0 Å². The zero-order chi connectivity index (χ0) is 16.4. The summed E-state index contributed by atoms with van der Waals surface area (Å²) in [6, 6.07) is 8.51. The number of carbonyl (C=O) groups excluding carboxylic acids is 1. The fourth-order valence-electron chi connectivity index (χ4n) is 3.98. The van der Waals surface area contributed by atoms with Crippen molar-refractivity contribution in [3.05, 3.63) is 42.5 Å². The van der Waals surface area contributed by atoms with E-state index in [2.05, 4.69) is 20.7 Å². The Balaban J connectivity index is 0.00000182. The lowest BCUT2D eigenvalue weighted by molar-refractivity contribution is -0.123. The molecule has 3 atom stereocenters. The lowest BCUT2D eigenvalue weighted by Gasteiger charge is -2.24. The van der Waals surface area contributed by atoms with Crippen molar-refractivity contribution in [2.45, 2.75) is 50.7 Å². The Morgan fingerprint density at radius 2 is 2.20 bits per heavy atom. The zero-order valence-corrected chi connectivity index (χ0v) is 14.9. The van der Waals surface area contributed by atoms with Crippen molar-refractivity contribution in [3.8, 4) is 5.69 Å². The summed E-state index contributed by atoms with van der Waals surface area (Å²) in [6.07, 6.45) is 9.25. The number of amides is 1. The van der Waals surface area contributed by atoms with Crippen molar-refractivity contribution in [1.82, 2.24) is 25.4 Å². The number of carbonyl (C=O) groups is 1.